The van der Waals surface area contributed by atoms with Crippen molar-refractivity contribution in [1.29, 1.82) is 0 Å². The minimum atomic E-state index is -0.509. The van der Waals surface area contributed by atoms with Gasteiger partial charge in [-0.1, -0.05) is 40.2 Å². The number of benzene rings is 2. The zero-order chi connectivity index (χ0) is 20.3. The Hall–Kier alpha value is -2.58. The largest absolute Gasteiger partial charge is 0.493 e. The molecule has 0 aliphatic carbocycles. The third-order valence-electron chi connectivity index (χ3n) is 4.06. The van der Waals surface area contributed by atoms with E-state index in [0.717, 1.165) is 21.1 Å². The monoisotopic (exact) mass is 461 g/mol. The number of thioether (sulfide) groups is 1. The molecule has 1 aliphatic heterocycles. The number of ketones is 1. The Labute approximate surface area is 174 Å². The molecular formula is C20H16BrNO5S. The fourth-order valence-corrected chi connectivity index (χ4v) is 3.77. The van der Waals surface area contributed by atoms with Crippen molar-refractivity contribution in [3.05, 3.63) is 63.0 Å². The molecule has 0 aromatic heterocycles. The van der Waals surface area contributed by atoms with Crippen LogP contribution in [0, 0.1) is 0 Å². The van der Waals surface area contributed by atoms with Crippen molar-refractivity contribution >= 4 is 50.7 Å². The smallest absolute Gasteiger partial charge is 0.293 e. The summed E-state index contributed by atoms with van der Waals surface area (Å²) in [7, 11) is 3.01. The van der Waals surface area contributed by atoms with Crippen molar-refractivity contribution in [3.63, 3.8) is 0 Å². The van der Waals surface area contributed by atoms with Crippen LogP contribution in [0.1, 0.15) is 15.9 Å². The van der Waals surface area contributed by atoms with E-state index in [1.165, 1.54) is 14.2 Å². The van der Waals surface area contributed by atoms with Crippen molar-refractivity contribution in [3.8, 4) is 11.5 Å². The third kappa shape index (κ3) is 4.13. The molecule has 0 radical (unpaired) electrons. The summed E-state index contributed by atoms with van der Waals surface area (Å²) in [6.07, 6.45) is 1.57. The van der Waals surface area contributed by atoms with E-state index in [1.807, 2.05) is 0 Å². The highest BCUT2D eigenvalue weighted by molar-refractivity contribution is 9.10. The Morgan fingerprint density at radius 1 is 1.11 bits per heavy atom. The van der Waals surface area contributed by atoms with Gasteiger partial charge in [-0.25, -0.2) is 0 Å². The number of nitrogens with zero attached hydrogens (tertiary/aromatic N) is 1. The minimum absolute atomic E-state index is 0.222. The van der Waals surface area contributed by atoms with Crippen LogP contribution in [0.25, 0.3) is 6.08 Å². The average Bonchev–Trinajstić information content (AvgIpc) is 2.95. The van der Waals surface area contributed by atoms with E-state index in [-0.39, 0.29) is 17.2 Å². The molecule has 2 aromatic rings. The lowest BCUT2D eigenvalue weighted by Crippen LogP contribution is -2.33. The molecule has 0 spiro atoms. The number of carbonyl (C=O) groups excluding carboxylic acids is 3. The molecule has 3 rings (SSSR count). The number of halogens is 1. The summed E-state index contributed by atoms with van der Waals surface area (Å²) in [6, 6.07) is 12.0. The van der Waals surface area contributed by atoms with E-state index < -0.39 is 11.1 Å². The lowest BCUT2D eigenvalue weighted by Gasteiger charge is -2.12. The number of hydrogen-bond donors (Lipinski definition) is 0. The SMILES string of the molecule is COc1cccc(/C=C2/SC(=O)N(CC(=O)c3ccc(Br)cc3)C2=O)c1OC. The van der Waals surface area contributed by atoms with Gasteiger partial charge in [-0.15, -0.1) is 0 Å². The van der Waals surface area contributed by atoms with Crippen molar-refractivity contribution in [1.82, 2.24) is 4.90 Å². The van der Waals surface area contributed by atoms with Crippen LogP contribution in [-0.4, -0.2) is 42.6 Å². The maximum atomic E-state index is 12.7. The number of amides is 2. The van der Waals surface area contributed by atoms with Crippen molar-refractivity contribution in [2.75, 3.05) is 20.8 Å². The molecule has 1 aliphatic rings. The van der Waals surface area contributed by atoms with Crippen LogP contribution in [-0.2, 0) is 4.79 Å². The second kappa shape index (κ2) is 8.62. The van der Waals surface area contributed by atoms with Crippen LogP contribution in [0.2, 0.25) is 0 Å². The molecule has 1 saturated heterocycles. The summed E-state index contributed by atoms with van der Waals surface area (Å²) in [5.41, 5.74) is 1.03. The van der Waals surface area contributed by atoms with Gasteiger partial charge in [0.1, 0.15) is 0 Å². The first kappa shape index (κ1) is 20.2. The van der Waals surface area contributed by atoms with E-state index in [1.54, 1.807) is 48.5 Å². The Morgan fingerprint density at radius 2 is 1.82 bits per heavy atom. The standard InChI is InChI=1S/C20H16BrNO5S/c1-26-16-5-3-4-13(18(16)27-2)10-17-19(24)22(20(25)28-17)11-15(23)12-6-8-14(21)9-7-12/h3-10H,11H2,1-2H3/b17-10+. The quantitative estimate of drug-likeness (QED) is 0.469. The molecule has 0 saturated carbocycles. The molecule has 28 heavy (non-hydrogen) atoms. The zero-order valence-corrected chi connectivity index (χ0v) is 17.5. The van der Waals surface area contributed by atoms with Crippen LogP contribution in [0.15, 0.2) is 51.8 Å². The minimum Gasteiger partial charge on any atom is -0.493 e. The first-order valence-corrected chi connectivity index (χ1v) is 9.80. The van der Waals surface area contributed by atoms with Gasteiger partial charge in [-0.05, 0) is 36.0 Å². The summed E-state index contributed by atoms with van der Waals surface area (Å²) in [4.78, 5) is 38.6. The third-order valence-corrected chi connectivity index (χ3v) is 5.50. The van der Waals surface area contributed by atoms with E-state index >= 15 is 0 Å². The molecule has 0 unspecified atom stereocenters. The summed E-state index contributed by atoms with van der Waals surface area (Å²) >= 11 is 4.09. The van der Waals surface area contributed by atoms with Crippen molar-refractivity contribution in [2.45, 2.75) is 0 Å². The van der Waals surface area contributed by atoms with E-state index in [4.69, 9.17) is 9.47 Å². The van der Waals surface area contributed by atoms with Crippen molar-refractivity contribution < 1.29 is 23.9 Å². The summed E-state index contributed by atoms with van der Waals surface area (Å²) in [5.74, 6) is 0.156. The summed E-state index contributed by atoms with van der Waals surface area (Å²) < 4.78 is 11.4. The van der Waals surface area contributed by atoms with Crippen LogP contribution < -0.4 is 9.47 Å². The van der Waals surface area contributed by atoms with Crippen molar-refractivity contribution in [2.24, 2.45) is 0 Å². The summed E-state index contributed by atoms with van der Waals surface area (Å²) in [6.45, 7) is -0.307. The number of imide groups is 1. The molecule has 0 atom stereocenters. The van der Waals surface area contributed by atoms with E-state index in [0.29, 0.717) is 22.6 Å². The molecule has 0 N–H and O–H groups in total. The number of ether oxygens (including phenoxy) is 2. The van der Waals surface area contributed by atoms with Gasteiger partial charge in [0.2, 0.25) is 0 Å². The number of Topliss-reactive ketones (excluding diaryl/α,β-unsaturated/α-hetero) is 1. The number of hydrogen-bond acceptors (Lipinski definition) is 6. The lowest BCUT2D eigenvalue weighted by molar-refractivity contribution is -0.122. The molecular weight excluding hydrogens is 446 g/mol. The number of carbonyl (C=O) groups is 3. The van der Waals surface area contributed by atoms with Gasteiger partial charge in [-0.2, -0.15) is 0 Å². The first-order chi connectivity index (χ1) is 13.4. The molecule has 1 fully saturated rings. The second-order valence-corrected chi connectivity index (χ2v) is 7.69. The van der Waals surface area contributed by atoms with Gasteiger partial charge >= 0.3 is 0 Å². The van der Waals surface area contributed by atoms with Crippen LogP contribution in [0.4, 0.5) is 4.79 Å². The Morgan fingerprint density at radius 3 is 2.46 bits per heavy atom. The predicted molar refractivity (Wildman–Crippen MR) is 111 cm³/mol. The number of methoxy groups -OCH3 is 2. The first-order valence-electron chi connectivity index (χ1n) is 8.19. The lowest BCUT2D eigenvalue weighted by atomic mass is 10.1. The van der Waals surface area contributed by atoms with Gasteiger partial charge in [0.05, 0.1) is 25.7 Å². The van der Waals surface area contributed by atoms with Crippen LogP contribution >= 0.6 is 27.7 Å². The Balaban J connectivity index is 1.83. The van der Waals surface area contributed by atoms with Crippen LogP contribution in [0.5, 0.6) is 11.5 Å². The normalized spacial score (nSPS) is 15.2. The molecule has 6 nitrogen and oxygen atoms in total. The fraction of sp³-hybridized carbons (Fsp3) is 0.150. The van der Waals surface area contributed by atoms with Gasteiger partial charge in [-0.3, -0.25) is 19.3 Å². The van der Waals surface area contributed by atoms with E-state index in [9.17, 15) is 14.4 Å². The van der Waals surface area contributed by atoms with Gasteiger partial charge < -0.3 is 9.47 Å². The molecule has 8 heteroatoms. The zero-order valence-electron chi connectivity index (χ0n) is 15.1. The van der Waals surface area contributed by atoms with Gasteiger partial charge in [0.15, 0.2) is 17.3 Å². The molecule has 0 bridgehead atoms. The highest BCUT2D eigenvalue weighted by atomic mass is 79.9. The highest BCUT2D eigenvalue weighted by Gasteiger charge is 2.36. The van der Waals surface area contributed by atoms with E-state index in [2.05, 4.69) is 15.9 Å². The van der Waals surface area contributed by atoms with Gasteiger partial charge in [0, 0.05) is 15.6 Å². The van der Waals surface area contributed by atoms with Gasteiger partial charge in [0.25, 0.3) is 11.1 Å². The maximum Gasteiger partial charge on any atom is 0.293 e. The number of rotatable bonds is 6. The Bertz CT molecular complexity index is 971. The molecule has 2 amide bonds. The highest BCUT2D eigenvalue weighted by Crippen LogP contribution is 2.37. The maximum absolute atomic E-state index is 12.7. The average molecular weight is 462 g/mol. The second-order valence-electron chi connectivity index (χ2n) is 5.78. The summed E-state index contributed by atoms with van der Waals surface area (Å²) in [5, 5.41) is -0.483. The Kier molecular flexibility index (Phi) is 6.21. The molecule has 2 aromatic carbocycles. The molecule has 1 heterocycles. The topological polar surface area (TPSA) is 72.9 Å². The fourth-order valence-electron chi connectivity index (χ4n) is 2.67. The predicted octanol–water partition coefficient (Wildman–Crippen LogP) is 4.39. The molecule has 144 valence electrons. The number of para-hydroxylation sites is 1. The van der Waals surface area contributed by atoms with Crippen LogP contribution in [0.3, 0.4) is 0 Å².